The minimum Gasteiger partial charge on any atom is -0.481 e. The molecule has 0 aliphatic rings. The van der Waals surface area contributed by atoms with Crippen LogP contribution in [0.15, 0.2) is 0 Å². The molecule has 0 saturated carbocycles. The van der Waals surface area contributed by atoms with E-state index in [1.165, 1.54) is 0 Å². The Balaban J connectivity index is 3.71. The van der Waals surface area contributed by atoms with Crippen LogP contribution in [-0.4, -0.2) is 29.3 Å². The van der Waals surface area contributed by atoms with Crippen molar-refractivity contribution in [1.82, 2.24) is 5.32 Å². The molecule has 0 fully saturated rings. The highest BCUT2D eigenvalue weighted by Gasteiger charge is 2.12. The van der Waals surface area contributed by atoms with Crippen LogP contribution < -0.4 is 5.32 Å². The van der Waals surface area contributed by atoms with Crippen LogP contribution in [0.5, 0.6) is 0 Å². The first-order chi connectivity index (χ1) is 5.91. The van der Waals surface area contributed by atoms with E-state index in [0.717, 1.165) is 0 Å². The van der Waals surface area contributed by atoms with Gasteiger partial charge in [-0.1, -0.05) is 0 Å². The quantitative estimate of drug-likeness (QED) is 0.691. The van der Waals surface area contributed by atoms with Gasteiger partial charge in [0.25, 0.3) is 0 Å². The van der Waals surface area contributed by atoms with E-state index in [9.17, 15) is 9.59 Å². The number of rotatable bonds is 4. The van der Waals surface area contributed by atoms with Crippen LogP contribution in [0.25, 0.3) is 0 Å². The van der Waals surface area contributed by atoms with Crippen LogP contribution in [0.4, 0.5) is 4.79 Å². The molecule has 0 aliphatic carbocycles. The molecule has 5 heteroatoms. The third-order valence-electron chi connectivity index (χ3n) is 1.19. The number of alkyl carbamates (subject to hydrolysis) is 1. The van der Waals surface area contributed by atoms with Gasteiger partial charge in [0.1, 0.15) is 0 Å². The monoisotopic (exact) mass is 189 g/mol. The summed E-state index contributed by atoms with van der Waals surface area (Å²) < 4.78 is 4.76. The average molecular weight is 189 g/mol. The van der Waals surface area contributed by atoms with E-state index in [-0.39, 0.29) is 12.5 Å². The molecule has 5 nitrogen and oxygen atoms in total. The molecule has 0 heterocycles. The van der Waals surface area contributed by atoms with Crippen LogP contribution in [-0.2, 0) is 9.53 Å². The third-order valence-corrected chi connectivity index (χ3v) is 1.19. The van der Waals surface area contributed by atoms with Gasteiger partial charge in [-0.25, -0.2) is 4.79 Å². The highest BCUT2D eigenvalue weighted by Crippen LogP contribution is 1.93. The largest absolute Gasteiger partial charge is 0.481 e. The predicted molar refractivity (Wildman–Crippen MR) is 46.5 cm³/mol. The number of nitrogens with one attached hydrogen (secondary N) is 1. The maximum absolute atomic E-state index is 10.9. The number of aliphatic carboxylic acids is 1. The van der Waals surface area contributed by atoms with Gasteiger partial charge in [-0.2, -0.15) is 0 Å². The summed E-state index contributed by atoms with van der Waals surface area (Å²) in [4.78, 5) is 21.1. The topological polar surface area (TPSA) is 75.6 Å². The molecule has 1 unspecified atom stereocenters. The molecule has 2 N–H and O–H groups in total. The van der Waals surface area contributed by atoms with Crippen molar-refractivity contribution in [2.45, 2.75) is 39.3 Å². The summed E-state index contributed by atoms with van der Waals surface area (Å²) in [7, 11) is 0. The smallest absolute Gasteiger partial charge is 0.407 e. The maximum Gasteiger partial charge on any atom is 0.407 e. The molecule has 0 bridgehead atoms. The zero-order valence-electron chi connectivity index (χ0n) is 8.03. The zero-order valence-corrected chi connectivity index (χ0v) is 8.03. The number of hydrogen-bond acceptors (Lipinski definition) is 3. The Labute approximate surface area is 77.1 Å². The Kier molecular flexibility index (Phi) is 4.87. The number of carboxylic acids is 1. The van der Waals surface area contributed by atoms with Gasteiger partial charge in [-0.15, -0.1) is 0 Å². The van der Waals surface area contributed by atoms with Crippen molar-refractivity contribution in [2.24, 2.45) is 0 Å². The van der Waals surface area contributed by atoms with Gasteiger partial charge in [0.2, 0.25) is 0 Å². The Hall–Kier alpha value is -1.26. The number of amides is 1. The Bertz CT molecular complexity index is 191. The molecule has 0 rings (SSSR count). The molecule has 0 aromatic carbocycles. The van der Waals surface area contributed by atoms with E-state index in [1.807, 2.05) is 0 Å². The second kappa shape index (κ2) is 5.40. The average Bonchev–Trinajstić information content (AvgIpc) is 1.80. The normalized spacial score (nSPS) is 12.3. The molecule has 0 radical (unpaired) electrons. The summed E-state index contributed by atoms with van der Waals surface area (Å²) in [5, 5.41) is 10.8. The van der Waals surface area contributed by atoms with Crippen molar-refractivity contribution in [3.8, 4) is 0 Å². The predicted octanol–water partition coefficient (Wildman–Crippen LogP) is 0.984. The first-order valence-electron chi connectivity index (χ1n) is 4.10. The van der Waals surface area contributed by atoms with Gasteiger partial charge in [0.15, 0.2) is 0 Å². The second-order valence-corrected chi connectivity index (χ2v) is 3.10. The fraction of sp³-hybridized carbons (Fsp3) is 0.750. The first-order valence-corrected chi connectivity index (χ1v) is 4.10. The number of hydrogen-bond donors (Lipinski definition) is 2. The first kappa shape index (κ1) is 11.7. The standard InChI is InChI=1S/C8H15NO4/c1-5(2)13-8(12)9-6(3)4-7(10)11/h5-6H,4H2,1-3H3,(H,9,12)(H,10,11). The molecule has 13 heavy (non-hydrogen) atoms. The van der Waals surface area contributed by atoms with Crippen LogP contribution >= 0.6 is 0 Å². The van der Waals surface area contributed by atoms with Crippen molar-refractivity contribution >= 4 is 12.1 Å². The summed E-state index contributed by atoms with van der Waals surface area (Å²) in [6.45, 7) is 5.05. The molecule has 0 aliphatic heterocycles. The lowest BCUT2D eigenvalue weighted by Crippen LogP contribution is -2.35. The SMILES string of the molecule is CC(CC(=O)O)NC(=O)OC(C)C. The molecular weight excluding hydrogens is 174 g/mol. The molecule has 0 saturated heterocycles. The Morgan fingerprint density at radius 3 is 2.31 bits per heavy atom. The van der Waals surface area contributed by atoms with Gasteiger partial charge in [0.05, 0.1) is 12.5 Å². The minimum atomic E-state index is -0.947. The van der Waals surface area contributed by atoms with E-state index in [4.69, 9.17) is 9.84 Å². The van der Waals surface area contributed by atoms with E-state index in [2.05, 4.69) is 5.32 Å². The molecular formula is C8H15NO4. The lowest BCUT2D eigenvalue weighted by atomic mass is 10.2. The van der Waals surface area contributed by atoms with Crippen molar-refractivity contribution in [1.29, 1.82) is 0 Å². The fourth-order valence-corrected chi connectivity index (χ4v) is 0.762. The second-order valence-electron chi connectivity index (χ2n) is 3.10. The van der Waals surface area contributed by atoms with Crippen molar-refractivity contribution in [3.63, 3.8) is 0 Å². The van der Waals surface area contributed by atoms with Gasteiger partial charge in [-0.05, 0) is 20.8 Å². The minimum absolute atomic E-state index is 0.104. The molecule has 0 aromatic heterocycles. The van der Waals surface area contributed by atoms with E-state index in [1.54, 1.807) is 20.8 Å². The summed E-state index contributed by atoms with van der Waals surface area (Å²) in [6, 6.07) is -0.413. The van der Waals surface area contributed by atoms with E-state index < -0.39 is 18.1 Å². The number of carbonyl (C=O) groups is 2. The number of carbonyl (C=O) groups excluding carboxylic acids is 1. The number of carboxylic acid groups (broad SMARTS) is 1. The van der Waals surface area contributed by atoms with E-state index >= 15 is 0 Å². The van der Waals surface area contributed by atoms with Crippen molar-refractivity contribution < 1.29 is 19.4 Å². The lowest BCUT2D eigenvalue weighted by molar-refractivity contribution is -0.137. The van der Waals surface area contributed by atoms with Gasteiger partial charge in [0, 0.05) is 6.04 Å². The Morgan fingerprint density at radius 2 is 1.92 bits per heavy atom. The summed E-state index contributed by atoms with van der Waals surface area (Å²) in [5.41, 5.74) is 0. The van der Waals surface area contributed by atoms with Crippen LogP contribution in [0.1, 0.15) is 27.2 Å². The molecule has 76 valence electrons. The number of ether oxygens (including phenoxy) is 1. The van der Waals surface area contributed by atoms with Gasteiger partial charge < -0.3 is 15.2 Å². The van der Waals surface area contributed by atoms with Crippen molar-refractivity contribution in [3.05, 3.63) is 0 Å². The van der Waals surface area contributed by atoms with Crippen LogP contribution in [0, 0.1) is 0 Å². The van der Waals surface area contributed by atoms with Crippen LogP contribution in [0.3, 0.4) is 0 Å². The maximum atomic E-state index is 10.9. The van der Waals surface area contributed by atoms with E-state index in [0.29, 0.717) is 0 Å². The van der Waals surface area contributed by atoms with Crippen molar-refractivity contribution in [2.75, 3.05) is 0 Å². The third kappa shape index (κ3) is 7.11. The van der Waals surface area contributed by atoms with Gasteiger partial charge >= 0.3 is 12.1 Å². The highest BCUT2D eigenvalue weighted by molar-refractivity contribution is 5.71. The molecule has 1 atom stereocenters. The summed E-state index contributed by atoms with van der Waals surface area (Å²) in [6.07, 6.45) is -0.881. The fourth-order valence-electron chi connectivity index (χ4n) is 0.762. The van der Waals surface area contributed by atoms with Gasteiger partial charge in [-0.3, -0.25) is 4.79 Å². The molecule has 1 amide bonds. The molecule has 0 aromatic rings. The zero-order chi connectivity index (χ0) is 10.4. The molecule has 0 spiro atoms. The lowest BCUT2D eigenvalue weighted by Gasteiger charge is -2.13. The summed E-state index contributed by atoms with van der Waals surface area (Å²) in [5.74, 6) is -0.947. The van der Waals surface area contributed by atoms with Crippen LogP contribution in [0.2, 0.25) is 0 Å². The summed E-state index contributed by atoms with van der Waals surface area (Å²) >= 11 is 0. The Morgan fingerprint density at radius 1 is 1.38 bits per heavy atom. The highest BCUT2D eigenvalue weighted by atomic mass is 16.6.